The number of nitrogens with one attached hydrogen (secondary N) is 2. The van der Waals surface area contributed by atoms with Gasteiger partial charge in [-0.25, -0.2) is 0 Å². The number of benzene rings is 1. The van der Waals surface area contributed by atoms with E-state index >= 15 is 0 Å². The van der Waals surface area contributed by atoms with Crippen molar-refractivity contribution in [2.45, 2.75) is 39.4 Å². The van der Waals surface area contributed by atoms with Gasteiger partial charge >= 0.3 is 6.18 Å². The fourth-order valence-corrected chi connectivity index (χ4v) is 3.77. The molecule has 156 valence electrons. The van der Waals surface area contributed by atoms with Gasteiger partial charge in [0.25, 0.3) is 11.8 Å². The summed E-state index contributed by atoms with van der Waals surface area (Å²) in [4.78, 5) is 27.5. The Bertz CT molecular complexity index is 698. The molecule has 2 N–H and O–H groups in total. The topological polar surface area (TPSA) is 53.9 Å². The van der Waals surface area contributed by atoms with Crippen LogP contribution in [-0.4, -0.2) is 49.4 Å². The standard InChI is InChI=1S/C20H28F3N3O2/c1-13-9-14(2)11-26(10-13)19(28)15(3)25(4)12-18(27)24-17-8-6-5-7-16(17)20(21,22)23/h5-8,13-15H,9-12H2,1-4H3,(H,24,27)/p+1/t13-,14+,15-/m1/s1. The third kappa shape index (κ3) is 5.70. The third-order valence-corrected chi connectivity index (χ3v) is 5.24. The normalized spacial score (nSPS) is 22.5. The Labute approximate surface area is 163 Å². The second-order valence-corrected chi connectivity index (χ2v) is 8.03. The Hall–Kier alpha value is -2.09. The van der Waals surface area contributed by atoms with Gasteiger partial charge in [-0.1, -0.05) is 26.0 Å². The predicted octanol–water partition coefficient (Wildman–Crippen LogP) is 2.05. The van der Waals surface area contributed by atoms with Crippen molar-refractivity contribution in [1.82, 2.24) is 4.90 Å². The summed E-state index contributed by atoms with van der Waals surface area (Å²) in [6.45, 7) is 7.28. The van der Waals surface area contributed by atoms with E-state index in [0.29, 0.717) is 29.8 Å². The van der Waals surface area contributed by atoms with Gasteiger partial charge in [0.15, 0.2) is 12.6 Å². The van der Waals surface area contributed by atoms with Crippen LogP contribution in [0.5, 0.6) is 0 Å². The second kappa shape index (κ2) is 8.94. The number of likely N-dealkylation sites (N-methyl/N-ethyl adjacent to an activating group) is 1. The number of carbonyl (C=O) groups excluding carboxylic acids is 2. The number of para-hydroxylation sites is 1. The second-order valence-electron chi connectivity index (χ2n) is 8.03. The molecule has 1 aliphatic heterocycles. The number of nitrogens with zero attached hydrogens (tertiary/aromatic N) is 1. The average molecular weight is 400 g/mol. The molecule has 2 rings (SSSR count). The third-order valence-electron chi connectivity index (χ3n) is 5.24. The molecule has 1 aromatic carbocycles. The first kappa shape index (κ1) is 22.2. The summed E-state index contributed by atoms with van der Waals surface area (Å²) in [6, 6.07) is 4.41. The molecule has 8 heteroatoms. The molecule has 1 fully saturated rings. The Morgan fingerprint density at radius 2 is 1.79 bits per heavy atom. The summed E-state index contributed by atoms with van der Waals surface area (Å²) in [5.41, 5.74) is -1.16. The zero-order chi connectivity index (χ0) is 21.1. The Morgan fingerprint density at radius 1 is 1.21 bits per heavy atom. The van der Waals surface area contributed by atoms with Gasteiger partial charge in [0.2, 0.25) is 0 Å². The zero-order valence-electron chi connectivity index (χ0n) is 16.8. The average Bonchev–Trinajstić information content (AvgIpc) is 2.59. The minimum absolute atomic E-state index is 0.0283. The van der Waals surface area contributed by atoms with Crippen molar-refractivity contribution in [3.8, 4) is 0 Å². The van der Waals surface area contributed by atoms with Crippen LogP contribution < -0.4 is 10.2 Å². The molecule has 1 aliphatic rings. The highest BCUT2D eigenvalue weighted by Crippen LogP contribution is 2.34. The summed E-state index contributed by atoms with van der Waals surface area (Å²) in [5, 5.41) is 2.33. The van der Waals surface area contributed by atoms with Gasteiger partial charge in [0, 0.05) is 13.1 Å². The number of amides is 2. The first-order chi connectivity index (χ1) is 13.0. The molecule has 1 saturated heterocycles. The Morgan fingerprint density at radius 3 is 2.36 bits per heavy atom. The van der Waals surface area contributed by atoms with E-state index in [1.54, 1.807) is 14.0 Å². The molecule has 1 unspecified atom stereocenters. The molecule has 0 spiro atoms. The largest absolute Gasteiger partial charge is 0.418 e. The summed E-state index contributed by atoms with van der Waals surface area (Å²) >= 11 is 0. The number of alkyl halides is 3. The van der Waals surface area contributed by atoms with E-state index in [2.05, 4.69) is 19.2 Å². The molecule has 5 nitrogen and oxygen atoms in total. The monoisotopic (exact) mass is 400 g/mol. The molecule has 0 aliphatic carbocycles. The maximum Gasteiger partial charge on any atom is 0.418 e. The van der Waals surface area contributed by atoms with Gasteiger partial charge in [0.1, 0.15) is 0 Å². The lowest BCUT2D eigenvalue weighted by atomic mass is 9.91. The van der Waals surface area contributed by atoms with Crippen LogP contribution in [-0.2, 0) is 15.8 Å². The SMILES string of the molecule is C[C@@H]1C[C@H](C)CN(C(=O)[C@@H](C)[NH+](C)CC(=O)Nc2ccccc2C(F)(F)F)C1. The first-order valence-corrected chi connectivity index (χ1v) is 9.56. The Balaban J connectivity index is 1.98. The number of quaternary nitrogens is 1. The first-order valence-electron chi connectivity index (χ1n) is 9.56. The maximum atomic E-state index is 13.1. The van der Waals surface area contributed by atoms with E-state index in [0.717, 1.165) is 12.5 Å². The summed E-state index contributed by atoms with van der Waals surface area (Å²) in [5.74, 6) is 0.276. The highest BCUT2D eigenvalue weighted by molar-refractivity contribution is 5.92. The minimum Gasteiger partial charge on any atom is -0.337 e. The number of piperidine rings is 1. The van der Waals surface area contributed by atoms with Crippen molar-refractivity contribution in [3.63, 3.8) is 0 Å². The zero-order valence-corrected chi connectivity index (χ0v) is 16.8. The van der Waals surface area contributed by atoms with Crippen molar-refractivity contribution in [3.05, 3.63) is 29.8 Å². The Kier molecular flexibility index (Phi) is 7.09. The quantitative estimate of drug-likeness (QED) is 0.795. The predicted molar refractivity (Wildman–Crippen MR) is 101 cm³/mol. The van der Waals surface area contributed by atoms with Crippen LogP contribution in [0.4, 0.5) is 18.9 Å². The van der Waals surface area contributed by atoms with Crippen LogP contribution in [0.2, 0.25) is 0 Å². The molecule has 0 radical (unpaired) electrons. The van der Waals surface area contributed by atoms with Gasteiger partial charge in [-0.05, 0) is 37.3 Å². The lowest BCUT2D eigenvalue weighted by Crippen LogP contribution is -3.15. The molecule has 4 atom stereocenters. The van der Waals surface area contributed by atoms with Crippen LogP contribution in [0.3, 0.4) is 0 Å². The number of anilines is 1. The molecule has 0 aromatic heterocycles. The van der Waals surface area contributed by atoms with Crippen molar-refractivity contribution in [2.24, 2.45) is 11.8 Å². The maximum absolute atomic E-state index is 13.1. The molecular formula is C20H29F3N3O2+. The summed E-state index contributed by atoms with van der Waals surface area (Å²) < 4.78 is 39.2. The number of hydrogen-bond donors (Lipinski definition) is 2. The fraction of sp³-hybridized carbons (Fsp3) is 0.600. The molecular weight excluding hydrogens is 371 g/mol. The van der Waals surface area contributed by atoms with Crippen LogP contribution in [0.15, 0.2) is 24.3 Å². The van der Waals surface area contributed by atoms with Gasteiger partial charge in [-0.15, -0.1) is 0 Å². The van der Waals surface area contributed by atoms with Crippen LogP contribution >= 0.6 is 0 Å². The minimum atomic E-state index is -4.55. The van der Waals surface area contributed by atoms with E-state index in [1.807, 2.05) is 4.90 Å². The molecule has 0 bridgehead atoms. The molecule has 1 heterocycles. The number of likely N-dealkylation sites (tertiary alicyclic amines) is 1. The number of carbonyl (C=O) groups is 2. The van der Waals surface area contributed by atoms with E-state index in [4.69, 9.17) is 0 Å². The van der Waals surface area contributed by atoms with Crippen LogP contribution in [0, 0.1) is 11.8 Å². The van der Waals surface area contributed by atoms with Crippen LogP contribution in [0.1, 0.15) is 32.8 Å². The van der Waals surface area contributed by atoms with Gasteiger partial charge in [0.05, 0.1) is 18.3 Å². The highest BCUT2D eigenvalue weighted by atomic mass is 19.4. The lowest BCUT2D eigenvalue weighted by Gasteiger charge is -2.36. The summed E-state index contributed by atoms with van der Waals surface area (Å²) in [7, 11) is 1.70. The molecule has 0 saturated carbocycles. The summed E-state index contributed by atoms with van der Waals surface area (Å²) in [6.07, 6.45) is -3.46. The van der Waals surface area contributed by atoms with Crippen molar-refractivity contribution < 1.29 is 27.7 Å². The van der Waals surface area contributed by atoms with Gasteiger partial charge in [-0.3, -0.25) is 9.59 Å². The molecule has 1 aromatic rings. The smallest absolute Gasteiger partial charge is 0.337 e. The van der Waals surface area contributed by atoms with Gasteiger partial charge < -0.3 is 15.1 Å². The van der Waals surface area contributed by atoms with Gasteiger partial charge in [-0.2, -0.15) is 13.2 Å². The number of halogens is 3. The van der Waals surface area contributed by atoms with Crippen molar-refractivity contribution >= 4 is 17.5 Å². The number of rotatable bonds is 5. The molecule has 28 heavy (non-hydrogen) atoms. The van der Waals surface area contributed by atoms with E-state index in [9.17, 15) is 22.8 Å². The van der Waals surface area contributed by atoms with E-state index in [-0.39, 0.29) is 18.1 Å². The van der Waals surface area contributed by atoms with Crippen molar-refractivity contribution in [2.75, 3.05) is 32.0 Å². The fourth-order valence-electron chi connectivity index (χ4n) is 3.77. The van der Waals surface area contributed by atoms with Crippen LogP contribution in [0.25, 0.3) is 0 Å². The van der Waals surface area contributed by atoms with E-state index in [1.165, 1.54) is 18.2 Å². The lowest BCUT2D eigenvalue weighted by molar-refractivity contribution is -0.886. The number of hydrogen-bond acceptors (Lipinski definition) is 2. The molecule has 2 amide bonds. The highest BCUT2D eigenvalue weighted by Gasteiger charge is 2.35. The van der Waals surface area contributed by atoms with Crippen molar-refractivity contribution in [1.29, 1.82) is 0 Å². The van der Waals surface area contributed by atoms with E-state index < -0.39 is 23.7 Å².